The molecule has 0 atom stereocenters. The molecule has 1 amide bonds. The number of rotatable bonds is 5. The first kappa shape index (κ1) is 20.7. The van der Waals surface area contributed by atoms with E-state index in [0.29, 0.717) is 22.4 Å². The normalized spacial score (nSPS) is 14.7. The maximum Gasteiger partial charge on any atom is 0.253 e. The summed E-state index contributed by atoms with van der Waals surface area (Å²) in [5.74, 6) is -0.455. The highest BCUT2D eigenvalue weighted by atomic mass is 19.1. The molecule has 1 aliphatic rings. The first-order chi connectivity index (χ1) is 15.1. The minimum atomic E-state index is -0.315. The third-order valence-electron chi connectivity index (χ3n) is 5.53. The zero-order valence-electron chi connectivity index (χ0n) is 17.1. The largest absolute Gasteiger partial charge is 0.349 e. The van der Waals surface area contributed by atoms with Crippen molar-refractivity contribution in [1.29, 1.82) is 5.26 Å². The highest BCUT2D eigenvalue weighted by Gasteiger charge is 2.21. The molecule has 4 rings (SSSR count). The van der Waals surface area contributed by atoms with Gasteiger partial charge in [-0.3, -0.25) is 14.7 Å². The van der Waals surface area contributed by atoms with Crippen LogP contribution in [0.2, 0.25) is 0 Å². The van der Waals surface area contributed by atoms with E-state index in [4.69, 9.17) is 5.26 Å². The number of carbonyl (C=O) groups is 1. The summed E-state index contributed by atoms with van der Waals surface area (Å²) in [7, 11) is 0. The molecule has 3 aromatic rings. The van der Waals surface area contributed by atoms with E-state index in [1.54, 1.807) is 24.3 Å². The molecule has 6 heteroatoms. The molecule has 1 aromatic heterocycles. The van der Waals surface area contributed by atoms with Gasteiger partial charge in [-0.2, -0.15) is 5.26 Å². The van der Waals surface area contributed by atoms with E-state index in [-0.39, 0.29) is 17.8 Å². The van der Waals surface area contributed by atoms with Crippen molar-refractivity contribution in [2.24, 2.45) is 0 Å². The van der Waals surface area contributed by atoms with Gasteiger partial charge in [0.2, 0.25) is 0 Å². The lowest BCUT2D eigenvalue weighted by Crippen LogP contribution is -2.44. The quantitative estimate of drug-likeness (QED) is 0.681. The number of nitrogens with zero attached hydrogens (tertiary/aromatic N) is 3. The molecule has 2 aromatic carbocycles. The Kier molecular flexibility index (Phi) is 6.34. The minimum absolute atomic E-state index is 0.122. The van der Waals surface area contributed by atoms with E-state index in [2.05, 4.69) is 21.3 Å². The fourth-order valence-electron chi connectivity index (χ4n) is 3.85. The van der Waals surface area contributed by atoms with Gasteiger partial charge in [-0.1, -0.05) is 24.3 Å². The molecule has 0 aliphatic carbocycles. The first-order valence-corrected chi connectivity index (χ1v) is 10.3. The lowest BCUT2D eigenvalue weighted by atomic mass is 10.0. The minimum Gasteiger partial charge on any atom is -0.349 e. The van der Waals surface area contributed by atoms with Crippen LogP contribution in [0.15, 0.2) is 66.9 Å². The van der Waals surface area contributed by atoms with Crippen molar-refractivity contribution >= 4 is 5.91 Å². The molecular weight excluding hydrogens is 391 g/mol. The number of halogens is 1. The van der Waals surface area contributed by atoms with Crippen molar-refractivity contribution in [2.45, 2.75) is 25.4 Å². The Morgan fingerprint density at radius 1 is 1.13 bits per heavy atom. The van der Waals surface area contributed by atoms with E-state index < -0.39 is 0 Å². The van der Waals surface area contributed by atoms with Gasteiger partial charge in [-0.15, -0.1) is 0 Å². The molecule has 0 unspecified atom stereocenters. The fraction of sp³-hybridized carbons (Fsp3) is 0.240. The van der Waals surface area contributed by atoms with Crippen molar-refractivity contribution in [1.82, 2.24) is 15.2 Å². The van der Waals surface area contributed by atoms with Crippen molar-refractivity contribution in [2.75, 3.05) is 13.1 Å². The molecule has 0 spiro atoms. The van der Waals surface area contributed by atoms with Crippen LogP contribution in [0.4, 0.5) is 4.39 Å². The number of hydrogen-bond donors (Lipinski definition) is 1. The Hall–Kier alpha value is -3.56. The summed E-state index contributed by atoms with van der Waals surface area (Å²) >= 11 is 0. The fourth-order valence-corrected chi connectivity index (χ4v) is 3.85. The van der Waals surface area contributed by atoms with Gasteiger partial charge in [-0.25, -0.2) is 4.39 Å². The van der Waals surface area contributed by atoms with Crippen molar-refractivity contribution < 1.29 is 9.18 Å². The summed E-state index contributed by atoms with van der Waals surface area (Å²) in [4.78, 5) is 19.3. The molecule has 1 aliphatic heterocycles. The predicted octanol–water partition coefficient (Wildman–Crippen LogP) is 4.15. The average Bonchev–Trinajstić information content (AvgIpc) is 2.80. The van der Waals surface area contributed by atoms with Crippen molar-refractivity contribution in [3.05, 3.63) is 89.4 Å². The summed E-state index contributed by atoms with van der Waals surface area (Å²) in [5, 5.41) is 12.1. The van der Waals surface area contributed by atoms with E-state index in [1.807, 2.05) is 24.3 Å². The maximum absolute atomic E-state index is 13.4. The van der Waals surface area contributed by atoms with Gasteiger partial charge in [0.05, 0.1) is 22.9 Å². The summed E-state index contributed by atoms with van der Waals surface area (Å²) in [6, 6.07) is 19.7. The van der Waals surface area contributed by atoms with Crippen LogP contribution in [-0.4, -0.2) is 34.9 Å². The second-order valence-electron chi connectivity index (χ2n) is 7.78. The van der Waals surface area contributed by atoms with Crippen LogP contribution in [0.1, 0.15) is 34.3 Å². The second kappa shape index (κ2) is 9.50. The number of piperidine rings is 1. The Morgan fingerprint density at radius 3 is 2.65 bits per heavy atom. The van der Waals surface area contributed by atoms with E-state index >= 15 is 0 Å². The number of benzene rings is 2. The first-order valence-electron chi connectivity index (χ1n) is 10.3. The zero-order valence-corrected chi connectivity index (χ0v) is 17.1. The zero-order chi connectivity index (χ0) is 21.6. The number of hydrogen-bond acceptors (Lipinski definition) is 4. The number of amides is 1. The molecule has 5 nitrogen and oxygen atoms in total. The van der Waals surface area contributed by atoms with Crippen molar-refractivity contribution in [3.63, 3.8) is 0 Å². The summed E-state index contributed by atoms with van der Waals surface area (Å²) in [6.45, 7) is 2.58. The molecule has 1 fully saturated rings. The third kappa shape index (κ3) is 5.33. The lowest BCUT2D eigenvalue weighted by Gasteiger charge is -2.32. The number of aromatic nitrogens is 1. The molecule has 156 valence electrons. The van der Waals surface area contributed by atoms with Gasteiger partial charge in [0.15, 0.2) is 0 Å². The van der Waals surface area contributed by atoms with Gasteiger partial charge in [-0.05, 0) is 54.8 Å². The molecule has 2 heterocycles. The van der Waals surface area contributed by atoms with E-state index in [0.717, 1.165) is 38.0 Å². The van der Waals surface area contributed by atoms with Crippen LogP contribution >= 0.6 is 0 Å². The number of nitrogens with one attached hydrogen (secondary N) is 1. The Bertz CT molecular complexity index is 1100. The highest BCUT2D eigenvalue weighted by molar-refractivity contribution is 5.94. The van der Waals surface area contributed by atoms with E-state index in [9.17, 15) is 9.18 Å². The van der Waals surface area contributed by atoms with Crippen LogP contribution in [0.3, 0.4) is 0 Å². The van der Waals surface area contributed by atoms with Gasteiger partial charge >= 0.3 is 0 Å². The Labute approximate surface area is 181 Å². The van der Waals surface area contributed by atoms with Crippen LogP contribution < -0.4 is 5.32 Å². The predicted molar refractivity (Wildman–Crippen MR) is 117 cm³/mol. The molecule has 31 heavy (non-hydrogen) atoms. The van der Waals surface area contributed by atoms with E-state index in [1.165, 1.54) is 18.3 Å². The van der Waals surface area contributed by atoms with Gasteiger partial charge < -0.3 is 5.32 Å². The second-order valence-corrected chi connectivity index (χ2v) is 7.78. The summed E-state index contributed by atoms with van der Waals surface area (Å²) < 4.78 is 13.4. The van der Waals surface area contributed by atoms with Gasteiger partial charge in [0.1, 0.15) is 5.82 Å². The monoisotopic (exact) mass is 414 g/mol. The van der Waals surface area contributed by atoms with Gasteiger partial charge in [0, 0.05) is 37.4 Å². The molecule has 1 N–H and O–H groups in total. The van der Waals surface area contributed by atoms with Gasteiger partial charge in [0.25, 0.3) is 5.91 Å². The Morgan fingerprint density at radius 2 is 1.94 bits per heavy atom. The highest BCUT2D eigenvalue weighted by Crippen LogP contribution is 2.19. The Balaban J connectivity index is 1.29. The molecule has 0 bridgehead atoms. The number of pyridine rings is 1. The smallest absolute Gasteiger partial charge is 0.253 e. The molecule has 0 saturated carbocycles. The van der Waals surface area contributed by atoms with Crippen LogP contribution in [0.5, 0.6) is 0 Å². The molecule has 1 saturated heterocycles. The number of carbonyl (C=O) groups excluding carboxylic acids is 1. The van der Waals surface area contributed by atoms with Crippen molar-refractivity contribution in [3.8, 4) is 17.3 Å². The SMILES string of the molecule is N#Cc1cccc(CN2CCC(NC(=O)c3ccc(-c4cccc(F)c4)nc3)CC2)c1. The topological polar surface area (TPSA) is 69.0 Å². The number of nitriles is 1. The molecule has 0 radical (unpaired) electrons. The van der Waals surface area contributed by atoms with Crippen LogP contribution in [0, 0.1) is 17.1 Å². The van der Waals surface area contributed by atoms with Crippen LogP contribution in [-0.2, 0) is 6.54 Å². The average molecular weight is 414 g/mol. The van der Waals surface area contributed by atoms with Crippen LogP contribution in [0.25, 0.3) is 11.3 Å². The summed E-state index contributed by atoms with van der Waals surface area (Å²) in [6.07, 6.45) is 3.28. The molecular formula is C25H23FN4O. The lowest BCUT2D eigenvalue weighted by molar-refractivity contribution is 0.0908. The number of likely N-dealkylation sites (tertiary alicyclic amines) is 1. The standard InChI is InChI=1S/C25H23FN4O/c26-22-6-2-5-20(14-22)24-8-7-21(16-28-24)25(31)29-23-9-11-30(12-10-23)17-19-4-1-3-18(13-19)15-27/h1-8,13-14,16,23H,9-12,17H2,(H,29,31). The maximum atomic E-state index is 13.4. The summed E-state index contributed by atoms with van der Waals surface area (Å²) in [5.41, 5.74) is 3.61. The third-order valence-corrected chi connectivity index (χ3v) is 5.53.